The molecular weight excluding hydrogens is 714 g/mol. The molecule has 1 heterocycles. The highest BCUT2D eigenvalue weighted by Crippen LogP contribution is 2.30. The first-order chi connectivity index (χ1) is 26.7. The van der Waals surface area contributed by atoms with Crippen molar-refractivity contribution in [2.75, 3.05) is 34.9 Å². The summed E-state index contributed by atoms with van der Waals surface area (Å²) in [7, 11) is 6.46. The molecule has 0 saturated carbocycles. The maximum atomic E-state index is 14.3. The molecule has 13 heteroatoms. The van der Waals surface area contributed by atoms with Gasteiger partial charge >= 0.3 is 5.97 Å². The third-order valence-electron chi connectivity index (χ3n) is 11.3. The standard InChI is InChI=1S/C43H65N5O8/c1-10-28(4)38(47(7)42(52)37(27(2)3)46-41(51)32(44-6)24-30-18-13-11-14-19-30)35(55-8)26-36(49)48-23-17-22-34(48)39(56-9)29(5)40(50)45-33(43(53)54)25-31-20-15-12-16-21-31/h11-16,18-21,27-29,32-35,37-39,44H,10,17,22-26H2,1-9H3,(H,45,50)(H,46,51)(H,53,54)/t28-,29+,32-,33-,34-,35+,37-,38-,39+/m0/s1. The van der Waals surface area contributed by atoms with Crippen LogP contribution in [0.15, 0.2) is 60.7 Å². The average molecular weight is 780 g/mol. The van der Waals surface area contributed by atoms with Crippen LogP contribution < -0.4 is 16.0 Å². The summed E-state index contributed by atoms with van der Waals surface area (Å²) in [5, 5.41) is 18.7. The molecule has 0 unspecified atom stereocenters. The van der Waals surface area contributed by atoms with E-state index in [9.17, 15) is 29.1 Å². The number of nitrogens with zero attached hydrogens (tertiary/aromatic N) is 2. The van der Waals surface area contributed by atoms with Gasteiger partial charge < -0.3 is 40.3 Å². The molecular formula is C43H65N5O8. The summed E-state index contributed by atoms with van der Waals surface area (Å²) in [5.41, 5.74) is 1.78. The zero-order chi connectivity index (χ0) is 41.5. The Balaban J connectivity index is 1.76. The first-order valence-corrected chi connectivity index (χ1v) is 19.9. The van der Waals surface area contributed by atoms with Crippen molar-refractivity contribution >= 4 is 29.6 Å². The fourth-order valence-electron chi connectivity index (χ4n) is 7.82. The summed E-state index contributed by atoms with van der Waals surface area (Å²) in [5.74, 6) is -3.39. The first kappa shape index (κ1) is 46.1. The maximum absolute atomic E-state index is 14.3. The fraction of sp³-hybridized carbons (Fsp3) is 0.605. The highest BCUT2D eigenvalue weighted by Gasteiger charge is 2.43. The number of methoxy groups -OCH3 is 2. The average Bonchev–Trinajstić information content (AvgIpc) is 3.68. The van der Waals surface area contributed by atoms with Gasteiger partial charge in [0, 0.05) is 34.2 Å². The summed E-state index contributed by atoms with van der Waals surface area (Å²) in [4.78, 5) is 71.0. The topological polar surface area (TPSA) is 167 Å². The third-order valence-corrected chi connectivity index (χ3v) is 11.3. The molecule has 310 valence electrons. The van der Waals surface area contributed by atoms with E-state index in [0.717, 1.165) is 11.1 Å². The normalized spacial score (nSPS) is 18.5. The Kier molecular flexibility index (Phi) is 18.4. The summed E-state index contributed by atoms with van der Waals surface area (Å²) in [6.07, 6.45) is 1.22. The lowest BCUT2D eigenvalue weighted by Crippen LogP contribution is -2.59. The van der Waals surface area contributed by atoms with Gasteiger partial charge in [0.1, 0.15) is 12.1 Å². The Labute approximate surface area is 333 Å². The first-order valence-electron chi connectivity index (χ1n) is 19.9. The number of aliphatic carboxylic acids is 1. The molecule has 0 radical (unpaired) electrons. The van der Waals surface area contributed by atoms with Gasteiger partial charge in [-0.1, -0.05) is 102 Å². The van der Waals surface area contributed by atoms with E-state index < -0.39 is 60.2 Å². The van der Waals surface area contributed by atoms with Gasteiger partial charge in [0.15, 0.2) is 0 Å². The molecule has 9 atom stereocenters. The highest BCUT2D eigenvalue weighted by atomic mass is 16.5. The van der Waals surface area contributed by atoms with E-state index in [1.165, 1.54) is 14.2 Å². The van der Waals surface area contributed by atoms with Gasteiger partial charge in [0.05, 0.1) is 42.7 Å². The number of carboxylic acids is 1. The van der Waals surface area contributed by atoms with Gasteiger partial charge in [-0.25, -0.2) is 4.79 Å². The minimum atomic E-state index is -1.14. The van der Waals surface area contributed by atoms with E-state index in [1.54, 1.807) is 30.8 Å². The van der Waals surface area contributed by atoms with Crippen molar-refractivity contribution in [3.8, 4) is 0 Å². The van der Waals surface area contributed by atoms with Crippen LogP contribution >= 0.6 is 0 Å². The van der Waals surface area contributed by atoms with Crippen LogP contribution in [-0.4, -0.2) is 122 Å². The summed E-state index contributed by atoms with van der Waals surface area (Å²) < 4.78 is 11.9. The van der Waals surface area contributed by atoms with Gasteiger partial charge in [-0.3, -0.25) is 19.2 Å². The molecule has 2 aromatic carbocycles. The Morgan fingerprint density at radius 3 is 1.91 bits per heavy atom. The number of carbonyl (C=O) groups is 5. The molecule has 1 fully saturated rings. The lowest BCUT2D eigenvalue weighted by molar-refractivity contribution is -0.148. The number of likely N-dealkylation sites (N-methyl/N-ethyl adjacent to an activating group) is 2. The Morgan fingerprint density at radius 2 is 1.43 bits per heavy atom. The van der Waals surface area contributed by atoms with Crippen LogP contribution in [0.25, 0.3) is 0 Å². The number of rotatable bonds is 22. The zero-order valence-electron chi connectivity index (χ0n) is 34.7. The predicted molar refractivity (Wildman–Crippen MR) is 216 cm³/mol. The van der Waals surface area contributed by atoms with Crippen LogP contribution in [0.3, 0.4) is 0 Å². The lowest BCUT2D eigenvalue weighted by atomic mass is 9.89. The van der Waals surface area contributed by atoms with Crippen LogP contribution in [0.5, 0.6) is 0 Å². The lowest BCUT2D eigenvalue weighted by Gasteiger charge is -2.41. The van der Waals surface area contributed by atoms with Gasteiger partial charge in [-0.05, 0) is 49.3 Å². The van der Waals surface area contributed by atoms with E-state index >= 15 is 0 Å². The number of ether oxygens (including phenoxy) is 2. The van der Waals surface area contributed by atoms with Crippen molar-refractivity contribution in [3.05, 3.63) is 71.8 Å². The molecule has 3 rings (SSSR count). The van der Waals surface area contributed by atoms with Crippen LogP contribution in [0.2, 0.25) is 0 Å². The Bertz CT molecular complexity index is 1560. The third kappa shape index (κ3) is 12.3. The quantitative estimate of drug-likeness (QED) is 0.140. The number of nitrogens with one attached hydrogen (secondary N) is 3. The summed E-state index contributed by atoms with van der Waals surface area (Å²) in [6, 6.07) is 15.4. The van der Waals surface area contributed by atoms with E-state index in [1.807, 2.05) is 88.4 Å². The van der Waals surface area contributed by atoms with Gasteiger partial charge in [0.25, 0.3) is 0 Å². The Morgan fingerprint density at radius 1 is 0.857 bits per heavy atom. The molecule has 13 nitrogen and oxygen atoms in total. The SMILES string of the molecule is CC[C@H](C)[C@@H]([C@@H](CC(=O)N1CCC[C@H]1[C@H](OC)[C@@H](C)C(=O)N[C@@H](Cc1ccccc1)C(=O)O)OC)N(C)C(=O)[C@@H](NC(=O)[C@H](Cc1ccccc1)NC)C(C)C. The van der Waals surface area contributed by atoms with Crippen LogP contribution in [0.4, 0.5) is 0 Å². The second-order valence-electron chi connectivity index (χ2n) is 15.4. The van der Waals surface area contributed by atoms with Crippen molar-refractivity contribution in [3.63, 3.8) is 0 Å². The number of carbonyl (C=O) groups excluding carboxylic acids is 4. The van der Waals surface area contributed by atoms with Gasteiger partial charge in [-0.2, -0.15) is 0 Å². The minimum Gasteiger partial charge on any atom is -0.480 e. The number of benzene rings is 2. The van der Waals surface area contributed by atoms with Crippen molar-refractivity contribution in [2.24, 2.45) is 17.8 Å². The minimum absolute atomic E-state index is 0.0214. The molecule has 1 aliphatic rings. The molecule has 2 aromatic rings. The van der Waals surface area contributed by atoms with E-state index in [-0.39, 0.29) is 42.4 Å². The van der Waals surface area contributed by atoms with Crippen molar-refractivity contribution < 1.29 is 38.6 Å². The smallest absolute Gasteiger partial charge is 0.326 e. The molecule has 1 aliphatic heterocycles. The highest BCUT2D eigenvalue weighted by molar-refractivity contribution is 5.90. The summed E-state index contributed by atoms with van der Waals surface area (Å²) >= 11 is 0. The van der Waals surface area contributed by atoms with Gasteiger partial charge in [-0.15, -0.1) is 0 Å². The fourth-order valence-corrected chi connectivity index (χ4v) is 7.82. The van der Waals surface area contributed by atoms with Crippen LogP contribution in [0.1, 0.15) is 71.4 Å². The van der Waals surface area contributed by atoms with E-state index in [2.05, 4.69) is 16.0 Å². The van der Waals surface area contributed by atoms with E-state index in [0.29, 0.717) is 32.2 Å². The van der Waals surface area contributed by atoms with Crippen molar-refractivity contribution in [1.29, 1.82) is 0 Å². The van der Waals surface area contributed by atoms with Crippen molar-refractivity contribution in [1.82, 2.24) is 25.8 Å². The van der Waals surface area contributed by atoms with Crippen LogP contribution in [-0.2, 0) is 46.3 Å². The molecule has 0 spiro atoms. The molecule has 4 amide bonds. The molecule has 0 aromatic heterocycles. The molecule has 4 N–H and O–H groups in total. The van der Waals surface area contributed by atoms with Crippen molar-refractivity contribution in [2.45, 2.75) is 116 Å². The number of hydrogen-bond acceptors (Lipinski definition) is 8. The molecule has 56 heavy (non-hydrogen) atoms. The Hall–Kier alpha value is -4.33. The zero-order valence-corrected chi connectivity index (χ0v) is 34.7. The van der Waals surface area contributed by atoms with E-state index in [4.69, 9.17) is 9.47 Å². The number of likely N-dealkylation sites (tertiary alicyclic amines) is 1. The molecule has 0 bridgehead atoms. The summed E-state index contributed by atoms with van der Waals surface area (Å²) in [6.45, 7) is 9.97. The monoisotopic (exact) mass is 779 g/mol. The number of hydrogen-bond donors (Lipinski definition) is 4. The number of carboxylic acid groups (broad SMARTS) is 1. The molecule has 1 saturated heterocycles. The maximum Gasteiger partial charge on any atom is 0.326 e. The second kappa shape index (κ2) is 22.4. The van der Waals surface area contributed by atoms with Gasteiger partial charge in [0.2, 0.25) is 23.6 Å². The molecule has 0 aliphatic carbocycles. The number of amides is 4. The van der Waals surface area contributed by atoms with Crippen LogP contribution in [0, 0.1) is 17.8 Å². The predicted octanol–water partition coefficient (Wildman–Crippen LogP) is 3.69. The largest absolute Gasteiger partial charge is 0.480 e. The second-order valence-corrected chi connectivity index (χ2v) is 15.4.